The van der Waals surface area contributed by atoms with E-state index in [1.165, 1.54) is 0 Å². The molecule has 0 aliphatic carbocycles. The van der Waals surface area contributed by atoms with Gasteiger partial charge in [-0.25, -0.2) is 0 Å². The number of likely N-dealkylation sites (tertiary alicyclic amines) is 1. The minimum absolute atomic E-state index is 0.0283. The minimum atomic E-state index is -0.0283. The minimum Gasteiger partial charge on any atom is -0.396 e. The van der Waals surface area contributed by atoms with Crippen LogP contribution in [0.2, 0.25) is 0 Å². The second-order valence-electron chi connectivity index (χ2n) is 5.66. The van der Waals surface area contributed by atoms with Crippen molar-refractivity contribution in [3.8, 4) is 0 Å². The van der Waals surface area contributed by atoms with Crippen molar-refractivity contribution in [2.45, 2.75) is 32.2 Å². The predicted octanol–water partition coefficient (Wildman–Crippen LogP) is 0.232. The summed E-state index contributed by atoms with van der Waals surface area (Å²) in [5.41, 5.74) is 0. The number of hydrogen-bond acceptors (Lipinski definition) is 4. The van der Waals surface area contributed by atoms with Gasteiger partial charge >= 0.3 is 0 Å². The highest BCUT2D eigenvalue weighted by Gasteiger charge is 2.38. The van der Waals surface area contributed by atoms with Crippen LogP contribution in [0.4, 0.5) is 0 Å². The molecule has 2 aliphatic heterocycles. The topological polar surface area (TPSA) is 61.8 Å². The third-order valence-electron chi connectivity index (χ3n) is 4.19. The molecule has 0 bridgehead atoms. The van der Waals surface area contributed by atoms with E-state index in [0.29, 0.717) is 19.1 Å². The summed E-state index contributed by atoms with van der Waals surface area (Å²) in [6, 6.07) is 0.171. The fourth-order valence-corrected chi connectivity index (χ4v) is 3.01. The Labute approximate surface area is 115 Å². The quantitative estimate of drug-likeness (QED) is 0.725. The molecule has 2 N–H and O–H groups in total. The van der Waals surface area contributed by atoms with Crippen molar-refractivity contribution in [3.63, 3.8) is 0 Å². The van der Waals surface area contributed by atoms with Crippen LogP contribution in [0.1, 0.15) is 26.2 Å². The molecule has 0 aromatic heterocycles. The molecule has 2 heterocycles. The fraction of sp³-hybridized carbons (Fsp3) is 0.929. The van der Waals surface area contributed by atoms with E-state index in [2.05, 4.69) is 12.2 Å². The molecule has 1 amide bonds. The molecule has 2 aliphatic rings. The number of carbonyl (C=O) groups is 1. The molecule has 2 saturated heterocycles. The third kappa shape index (κ3) is 3.68. The Hall–Kier alpha value is -0.650. The molecule has 110 valence electrons. The molecule has 0 radical (unpaired) electrons. The van der Waals surface area contributed by atoms with Crippen LogP contribution in [-0.4, -0.2) is 61.4 Å². The first-order valence-electron chi connectivity index (χ1n) is 7.47. The number of aliphatic hydroxyl groups is 1. The van der Waals surface area contributed by atoms with Crippen LogP contribution in [0.3, 0.4) is 0 Å². The van der Waals surface area contributed by atoms with Gasteiger partial charge in [0.2, 0.25) is 5.91 Å². The summed E-state index contributed by atoms with van der Waals surface area (Å²) in [7, 11) is 0. The monoisotopic (exact) mass is 270 g/mol. The van der Waals surface area contributed by atoms with Crippen LogP contribution in [0.15, 0.2) is 0 Å². The lowest BCUT2D eigenvalue weighted by molar-refractivity contribution is -0.135. The van der Waals surface area contributed by atoms with Gasteiger partial charge in [-0.1, -0.05) is 6.92 Å². The summed E-state index contributed by atoms with van der Waals surface area (Å²) in [5.74, 6) is 0.671. The molecule has 0 spiro atoms. The Balaban J connectivity index is 1.85. The van der Waals surface area contributed by atoms with Gasteiger partial charge in [-0.05, 0) is 31.7 Å². The first-order chi connectivity index (χ1) is 9.26. The maximum Gasteiger partial charge on any atom is 0.229 e. The van der Waals surface area contributed by atoms with Crippen LogP contribution in [0.5, 0.6) is 0 Å². The highest BCUT2D eigenvalue weighted by molar-refractivity contribution is 5.80. The molecular weight excluding hydrogens is 244 g/mol. The second-order valence-corrected chi connectivity index (χ2v) is 5.66. The van der Waals surface area contributed by atoms with Crippen molar-refractivity contribution in [3.05, 3.63) is 0 Å². The summed E-state index contributed by atoms with van der Waals surface area (Å²) < 4.78 is 5.47. The maximum absolute atomic E-state index is 12.5. The number of amides is 1. The van der Waals surface area contributed by atoms with Crippen LogP contribution >= 0.6 is 0 Å². The maximum atomic E-state index is 12.5. The van der Waals surface area contributed by atoms with Gasteiger partial charge in [0.1, 0.15) is 0 Å². The number of carbonyl (C=O) groups excluding carboxylic acids is 1. The largest absolute Gasteiger partial charge is 0.396 e. The van der Waals surface area contributed by atoms with Gasteiger partial charge < -0.3 is 20.1 Å². The van der Waals surface area contributed by atoms with Crippen LogP contribution in [0, 0.1) is 11.8 Å². The summed E-state index contributed by atoms with van der Waals surface area (Å²) in [6.45, 7) is 6.10. The van der Waals surface area contributed by atoms with Crippen molar-refractivity contribution in [1.29, 1.82) is 0 Å². The van der Waals surface area contributed by atoms with E-state index in [1.807, 2.05) is 4.90 Å². The van der Waals surface area contributed by atoms with Crippen molar-refractivity contribution in [2.75, 3.05) is 39.5 Å². The number of ether oxygens (including phenoxy) is 1. The molecule has 2 rings (SSSR count). The van der Waals surface area contributed by atoms with Crippen molar-refractivity contribution >= 4 is 5.91 Å². The molecular formula is C14H26N2O3. The summed E-state index contributed by atoms with van der Waals surface area (Å²) in [5, 5.41) is 12.4. The average molecular weight is 270 g/mol. The number of nitrogens with one attached hydrogen (secondary N) is 1. The number of nitrogens with zero attached hydrogens (tertiary/aromatic N) is 1. The van der Waals surface area contributed by atoms with Gasteiger partial charge in [-0.2, -0.15) is 0 Å². The van der Waals surface area contributed by atoms with Crippen molar-refractivity contribution in [1.82, 2.24) is 10.2 Å². The third-order valence-corrected chi connectivity index (χ3v) is 4.19. The zero-order valence-electron chi connectivity index (χ0n) is 11.8. The van der Waals surface area contributed by atoms with Gasteiger partial charge in [0, 0.05) is 25.7 Å². The van der Waals surface area contributed by atoms with Crippen molar-refractivity contribution in [2.24, 2.45) is 11.8 Å². The zero-order valence-corrected chi connectivity index (χ0v) is 11.8. The highest BCUT2D eigenvalue weighted by Crippen LogP contribution is 2.24. The van der Waals surface area contributed by atoms with E-state index >= 15 is 0 Å². The first kappa shape index (κ1) is 14.8. The molecule has 5 heteroatoms. The average Bonchev–Trinajstić information content (AvgIpc) is 3.04. The molecule has 3 unspecified atom stereocenters. The molecule has 0 aromatic rings. The predicted molar refractivity (Wildman–Crippen MR) is 72.8 cm³/mol. The number of rotatable bonds is 6. The van der Waals surface area contributed by atoms with Crippen LogP contribution in [0.25, 0.3) is 0 Å². The van der Waals surface area contributed by atoms with E-state index in [0.717, 1.165) is 38.9 Å². The summed E-state index contributed by atoms with van der Waals surface area (Å²) >= 11 is 0. The van der Waals surface area contributed by atoms with E-state index in [1.54, 1.807) is 0 Å². The van der Waals surface area contributed by atoms with Crippen LogP contribution in [-0.2, 0) is 9.53 Å². The van der Waals surface area contributed by atoms with Crippen molar-refractivity contribution < 1.29 is 14.6 Å². The molecule has 19 heavy (non-hydrogen) atoms. The fourth-order valence-electron chi connectivity index (χ4n) is 3.01. The Kier molecular flexibility index (Phi) is 5.60. The Bertz CT molecular complexity index is 298. The first-order valence-corrected chi connectivity index (χ1v) is 7.47. The molecule has 3 atom stereocenters. The summed E-state index contributed by atoms with van der Waals surface area (Å²) in [6.07, 6.45) is 2.90. The highest BCUT2D eigenvalue weighted by atomic mass is 16.5. The normalized spacial score (nSPS) is 31.1. The number of aliphatic hydroxyl groups excluding tert-OH is 1. The number of hydrogen-bond donors (Lipinski definition) is 2. The van der Waals surface area contributed by atoms with Gasteiger partial charge in [0.15, 0.2) is 0 Å². The van der Waals surface area contributed by atoms with E-state index < -0.39 is 0 Å². The summed E-state index contributed by atoms with van der Waals surface area (Å²) in [4.78, 5) is 14.5. The van der Waals surface area contributed by atoms with Gasteiger partial charge in [-0.15, -0.1) is 0 Å². The lowest BCUT2D eigenvalue weighted by Gasteiger charge is -2.24. The lowest BCUT2D eigenvalue weighted by atomic mass is 10.0. The second kappa shape index (κ2) is 7.22. The Morgan fingerprint density at radius 1 is 1.47 bits per heavy atom. The lowest BCUT2D eigenvalue weighted by Crippen LogP contribution is -2.45. The van der Waals surface area contributed by atoms with Gasteiger partial charge in [0.05, 0.1) is 19.1 Å². The molecule has 0 saturated carbocycles. The van der Waals surface area contributed by atoms with E-state index in [4.69, 9.17) is 9.84 Å². The van der Waals surface area contributed by atoms with Gasteiger partial charge in [0.25, 0.3) is 0 Å². The molecule has 0 aromatic carbocycles. The molecule has 2 fully saturated rings. The molecule has 5 nitrogen and oxygen atoms in total. The Morgan fingerprint density at radius 2 is 2.32 bits per heavy atom. The zero-order chi connectivity index (χ0) is 13.7. The standard InChI is InChI=1S/C14H26N2O3/c1-2-5-15-13-10-19-9-12(13)14(18)16-6-3-11(8-16)4-7-17/h11-13,15,17H,2-10H2,1H3. The Morgan fingerprint density at radius 3 is 3.05 bits per heavy atom. The smallest absolute Gasteiger partial charge is 0.229 e. The van der Waals surface area contributed by atoms with Crippen LogP contribution < -0.4 is 5.32 Å². The van der Waals surface area contributed by atoms with E-state index in [9.17, 15) is 4.79 Å². The SMILES string of the molecule is CCCNC1COCC1C(=O)N1CCC(CCO)C1. The van der Waals surface area contributed by atoms with Gasteiger partial charge in [-0.3, -0.25) is 4.79 Å². The van der Waals surface area contributed by atoms with E-state index in [-0.39, 0.29) is 24.5 Å².